The third-order valence-electron chi connectivity index (χ3n) is 4.24. The van der Waals surface area contributed by atoms with Crippen molar-refractivity contribution in [1.82, 2.24) is 4.72 Å². The van der Waals surface area contributed by atoms with Gasteiger partial charge in [0.15, 0.2) is 0 Å². The zero-order valence-corrected chi connectivity index (χ0v) is 15.7. The summed E-state index contributed by atoms with van der Waals surface area (Å²) in [4.78, 5) is 17.3. The van der Waals surface area contributed by atoms with Crippen LogP contribution in [0.3, 0.4) is 0 Å². The van der Waals surface area contributed by atoms with E-state index in [1.54, 1.807) is 36.4 Å². The quantitative estimate of drug-likeness (QED) is 0.662. The average molecular weight is 387 g/mol. The van der Waals surface area contributed by atoms with Crippen LogP contribution in [0, 0.1) is 0 Å². The lowest BCUT2D eigenvalue weighted by Gasteiger charge is -2.14. The number of phenolic OH excluding ortho intramolecular Hbond substituents is 1. The van der Waals surface area contributed by atoms with Crippen LogP contribution in [-0.4, -0.2) is 31.3 Å². The minimum Gasteiger partial charge on any atom is -0.506 e. The van der Waals surface area contributed by atoms with Crippen molar-refractivity contribution in [1.29, 1.82) is 0 Å². The lowest BCUT2D eigenvalue weighted by atomic mass is 10.1. The van der Waals surface area contributed by atoms with Crippen LogP contribution in [0.4, 0.5) is 5.69 Å². The molecule has 1 aliphatic rings. The van der Waals surface area contributed by atoms with Gasteiger partial charge in [-0.2, -0.15) is 0 Å². The predicted molar refractivity (Wildman–Crippen MR) is 103 cm³/mol. The maximum absolute atomic E-state index is 12.7. The monoisotopic (exact) mass is 387 g/mol. The Morgan fingerprint density at radius 3 is 2.63 bits per heavy atom. The number of hydrogen-bond donors (Lipinski definition) is 3. The molecule has 3 N–H and O–H groups in total. The average Bonchev–Trinajstić information content (AvgIpc) is 2.91. The van der Waals surface area contributed by atoms with E-state index in [1.165, 1.54) is 12.1 Å². The molecule has 0 fully saturated rings. The molecule has 3 rings (SSSR count). The minimum atomic E-state index is -3.66. The van der Waals surface area contributed by atoms with Crippen LogP contribution in [0.15, 0.2) is 58.4 Å². The number of unbranched alkanes of at least 4 members (excludes halogenated alkanes) is 1. The molecule has 8 heteroatoms. The molecule has 0 radical (unpaired) electrons. The number of phenols is 1. The molecule has 1 aliphatic heterocycles. The molecule has 2 aromatic carbocycles. The van der Waals surface area contributed by atoms with E-state index in [-0.39, 0.29) is 22.2 Å². The first-order valence-corrected chi connectivity index (χ1v) is 10.2. The summed E-state index contributed by atoms with van der Waals surface area (Å²) in [5.41, 5.74) is 0.742. The Hall–Kier alpha value is -2.87. The highest BCUT2D eigenvalue weighted by molar-refractivity contribution is 7.90. The fourth-order valence-corrected chi connectivity index (χ4v) is 4.07. The molecule has 0 bridgehead atoms. The van der Waals surface area contributed by atoms with E-state index in [1.807, 2.05) is 6.92 Å². The van der Waals surface area contributed by atoms with Crippen molar-refractivity contribution in [3.05, 3.63) is 54.1 Å². The molecule has 1 atom stereocenters. The van der Waals surface area contributed by atoms with E-state index in [2.05, 4.69) is 15.0 Å². The highest BCUT2D eigenvalue weighted by Gasteiger charge is 2.31. The fraction of sp³-hybridized carbons (Fsp3) is 0.263. The number of aliphatic imine (C=N–C) groups is 1. The van der Waals surface area contributed by atoms with Gasteiger partial charge in [0.05, 0.1) is 10.6 Å². The third-order valence-corrected chi connectivity index (χ3v) is 5.64. The number of fused-ring (bicyclic) bond motifs is 1. The molecule has 7 nitrogen and oxygen atoms in total. The van der Waals surface area contributed by atoms with E-state index in [4.69, 9.17) is 0 Å². The summed E-state index contributed by atoms with van der Waals surface area (Å²) in [6, 6.07) is 12.2. The smallest absolute Gasteiger partial charge is 0.263 e. The lowest BCUT2D eigenvalue weighted by Crippen LogP contribution is -2.30. The number of carbonyl (C=O) groups is 1. The lowest BCUT2D eigenvalue weighted by molar-refractivity contribution is -0.117. The van der Waals surface area contributed by atoms with Gasteiger partial charge in [-0.25, -0.2) is 8.42 Å². The van der Waals surface area contributed by atoms with Crippen LogP contribution < -0.4 is 10.0 Å². The SMILES string of the molecule is CCCCC(N=C1NS(=O)(=O)c2ccccc21)C(=O)Nc1ccccc1O. The number of rotatable bonds is 6. The third kappa shape index (κ3) is 4.11. The first-order chi connectivity index (χ1) is 12.9. The number of amidine groups is 1. The number of benzene rings is 2. The van der Waals surface area contributed by atoms with Crippen LogP contribution in [0.2, 0.25) is 0 Å². The topological polar surface area (TPSA) is 108 Å². The number of anilines is 1. The van der Waals surface area contributed by atoms with Gasteiger partial charge in [0.25, 0.3) is 10.0 Å². The normalized spacial score (nSPS) is 17.1. The van der Waals surface area contributed by atoms with Gasteiger partial charge >= 0.3 is 0 Å². The van der Waals surface area contributed by atoms with E-state index in [0.29, 0.717) is 12.0 Å². The summed E-state index contributed by atoms with van der Waals surface area (Å²) in [5.74, 6) is -0.278. The zero-order valence-electron chi connectivity index (χ0n) is 14.8. The van der Waals surface area contributed by atoms with Crippen molar-refractivity contribution in [2.45, 2.75) is 37.1 Å². The number of amides is 1. The number of nitrogens with zero attached hydrogens (tertiary/aromatic N) is 1. The highest BCUT2D eigenvalue weighted by atomic mass is 32.2. The summed E-state index contributed by atoms with van der Waals surface area (Å²) < 4.78 is 26.9. The maximum Gasteiger partial charge on any atom is 0.263 e. The number of carbonyl (C=O) groups excluding carboxylic acids is 1. The highest BCUT2D eigenvalue weighted by Crippen LogP contribution is 2.25. The standard InChI is InChI=1S/C19H21N3O4S/c1-2-3-9-15(19(24)21-14-10-5-6-11-16(14)23)20-18-13-8-4-7-12-17(13)27(25,26)22-18/h4-8,10-12,15,23H,2-3,9H2,1H3,(H,20,22)(H,21,24). The van der Waals surface area contributed by atoms with Crippen molar-refractivity contribution < 1.29 is 18.3 Å². The van der Waals surface area contributed by atoms with Crippen molar-refractivity contribution in [2.75, 3.05) is 5.32 Å². The summed E-state index contributed by atoms with van der Waals surface area (Å²) in [5, 5.41) is 12.5. The van der Waals surface area contributed by atoms with Gasteiger partial charge in [0, 0.05) is 5.56 Å². The number of hydrogen-bond acceptors (Lipinski definition) is 5. The maximum atomic E-state index is 12.7. The first-order valence-electron chi connectivity index (χ1n) is 8.71. The molecule has 2 aromatic rings. The van der Waals surface area contributed by atoms with Crippen LogP contribution >= 0.6 is 0 Å². The molecule has 1 unspecified atom stereocenters. The summed E-state index contributed by atoms with van der Waals surface area (Å²) in [7, 11) is -3.66. The van der Waals surface area contributed by atoms with Crippen molar-refractivity contribution in [2.24, 2.45) is 4.99 Å². The Bertz CT molecular complexity index is 986. The first kappa shape index (κ1) is 18.9. The largest absolute Gasteiger partial charge is 0.506 e. The second kappa shape index (κ2) is 7.79. The van der Waals surface area contributed by atoms with Gasteiger partial charge in [-0.3, -0.25) is 14.5 Å². The van der Waals surface area contributed by atoms with Gasteiger partial charge in [0.1, 0.15) is 17.6 Å². The number of aromatic hydroxyl groups is 1. The van der Waals surface area contributed by atoms with Crippen molar-refractivity contribution >= 4 is 27.5 Å². The molecule has 142 valence electrons. The van der Waals surface area contributed by atoms with E-state index in [0.717, 1.165) is 12.8 Å². The Morgan fingerprint density at radius 2 is 1.89 bits per heavy atom. The molecule has 0 saturated carbocycles. The van der Waals surface area contributed by atoms with Gasteiger partial charge in [-0.05, 0) is 30.7 Å². The Morgan fingerprint density at radius 1 is 1.19 bits per heavy atom. The number of sulfonamides is 1. The summed E-state index contributed by atoms with van der Waals surface area (Å²) >= 11 is 0. The summed E-state index contributed by atoms with van der Waals surface area (Å²) in [6.07, 6.45) is 2.08. The van der Waals surface area contributed by atoms with Gasteiger partial charge < -0.3 is 10.4 Å². The second-order valence-electron chi connectivity index (χ2n) is 6.24. The molecule has 0 saturated heterocycles. The van der Waals surface area contributed by atoms with E-state index >= 15 is 0 Å². The molecule has 1 amide bonds. The van der Waals surface area contributed by atoms with E-state index < -0.39 is 22.0 Å². The summed E-state index contributed by atoms with van der Waals surface area (Å²) in [6.45, 7) is 2.00. The van der Waals surface area contributed by atoms with Crippen LogP contribution in [-0.2, 0) is 14.8 Å². The van der Waals surface area contributed by atoms with Gasteiger partial charge in [0.2, 0.25) is 5.91 Å². The predicted octanol–water partition coefficient (Wildman–Crippen LogP) is 2.63. The van der Waals surface area contributed by atoms with Crippen molar-refractivity contribution in [3.63, 3.8) is 0 Å². The fourth-order valence-electron chi connectivity index (χ4n) is 2.83. The van der Waals surface area contributed by atoms with Gasteiger partial charge in [-0.1, -0.05) is 44.0 Å². The second-order valence-corrected chi connectivity index (χ2v) is 7.89. The molecular formula is C19H21N3O4S. The van der Waals surface area contributed by atoms with Gasteiger partial charge in [-0.15, -0.1) is 0 Å². The molecule has 0 aliphatic carbocycles. The van der Waals surface area contributed by atoms with Crippen LogP contribution in [0.1, 0.15) is 31.7 Å². The number of nitrogens with one attached hydrogen (secondary N) is 2. The molecule has 27 heavy (non-hydrogen) atoms. The minimum absolute atomic E-state index is 0.0420. The van der Waals surface area contributed by atoms with Crippen LogP contribution in [0.5, 0.6) is 5.75 Å². The molecule has 0 spiro atoms. The number of para-hydroxylation sites is 2. The Balaban J connectivity index is 1.91. The van der Waals surface area contributed by atoms with Crippen molar-refractivity contribution in [3.8, 4) is 5.75 Å². The zero-order chi connectivity index (χ0) is 19.4. The molecule has 1 heterocycles. The molecular weight excluding hydrogens is 366 g/mol. The molecule has 0 aromatic heterocycles. The Kier molecular flexibility index (Phi) is 5.46. The van der Waals surface area contributed by atoms with E-state index in [9.17, 15) is 18.3 Å². The van der Waals surface area contributed by atoms with Crippen LogP contribution in [0.25, 0.3) is 0 Å². The Labute approximate surface area is 158 Å².